The highest BCUT2D eigenvalue weighted by atomic mass is 16.7. The van der Waals surface area contributed by atoms with Gasteiger partial charge in [0.05, 0.1) is 13.7 Å². The fourth-order valence-corrected chi connectivity index (χ4v) is 0.510. The average Bonchev–Trinajstić information content (AvgIpc) is 1.88. The van der Waals surface area contributed by atoms with E-state index in [1.54, 1.807) is 7.11 Å². The van der Waals surface area contributed by atoms with Gasteiger partial charge in [0.1, 0.15) is 0 Å². The second kappa shape index (κ2) is 5.48. The Morgan fingerprint density at radius 1 is 1.44 bits per heavy atom. The smallest absolute Gasteiger partial charge is 0.274 e. The molecule has 0 amide bonds. The largest absolute Gasteiger partial charge is 0.469 e. The normalized spacial score (nSPS) is 11.2. The zero-order valence-corrected chi connectivity index (χ0v) is 6.31. The van der Waals surface area contributed by atoms with Crippen LogP contribution >= 0.6 is 0 Å². The molecule has 0 aromatic carbocycles. The zero-order valence-electron chi connectivity index (χ0n) is 6.31. The Bertz CT molecular complexity index is 86.9. The van der Waals surface area contributed by atoms with Crippen LogP contribution in [0.15, 0.2) is 12.0 Å². The van der Waals surface area contributed by atoms with Gasteiger partial charge in [-0.2, -0.15) is 0 Å². The molecule has 0 rings (SSSR count). The fourth-order valence-electron chi connectivity index (χ4n) is 0.510. The Morgan fingerprint density at radius 3 is 2.44 bits per heavy atom. The van der Waals surface area contributed by atoms with E-state index in [4.69, 9.17) is 9.47 Å². The van der Waals surface area contributed by atoms with Gasteiger partial charge >= 0.3 is 0 Å². The summed E-state index contributed by atoms with van der Waals surface area (Å²) < 4.78 is 9.94. The third kappa shape index (κ3) is 3.88. The van der Waals surface area contributed by atoms with Crippen molar-refractivity contribution in [2.45, 2.75) is 20.3 Å². The first-order valence-corrected chi connectivity index (χ1v) is 3.22. The molecular weight excluding hydrogens is 116 g/mol. The average molecular weight is 130 g/mol. The number of hydrogen-bond acceptors (Lipinski definition) is 2. The molecular formula is C7H14O2. The first-order chi connectivity index (χ1) is 4.35. The molecule has 0 radical (unpaired) electrons. The molecule has 0 spiro atoms. The number of allylic oxidation sites excluding steroid dienone is 1. The highest BCUT2D eigenvalue weighted by molar-refractivity contribution is 4.81. The van der Waals surface area contributed by atoms with Crippen molar-refractivity contribution in [3.05, 3.63) is 12.0 Å². The summed E-state index contributed by atoms with van der Waals surface area (Å²) in [7, 11) is 1.61. The Kier molecular flexibility index (Phi) is 5.07. The molecule has 54 valence electrons. The number of ether oxygens (including phenoxy) is 2. The first-order valence-electron chi connectivity index (χ1n) is 3.22. The molecule has 0 aliphatic carbocycles. The molecule has 0 N–H and O–H groups in total. The minimum Gasteiger partial charge on any atom is -0.469 e. The van der Waals surface area contributed by atoms with Crippen molar-refractivity contribution in [2.24, 2.45) is 0 Å². The quantitative estimate of drug-likeness (QED) is 0.541. The molecule has 0 saturated heterocycles. The fraction of sp³-hybridized carbons (Fsp3) is 0.714. The van der Waals surface area contributed by atoms with Crippen LogP contribution in [0.4, 0.5) is 0 Å². The van der Waals surface area contributed by atoms with E-state index in [9.17, 15) is 0 Å². The molecule has 2 nitrogen and oxygen atoms in total. The lowest BCUT2D eigenvalue weighted by molar-refractivity contribution is 0.0678. The van der Waals surface area contributed by atoms with Crippen LogP contribution < -0.4 is 0 Å². The van der Waals surface area contributed by atoms with E-state index in [1.165, 1.54) is 0 Å². The third-order valence-corrected chi connectivity index (χ3v) is 0.859. The van der Waals surface area contributed by atoms with Gasteiger partial charge in [0.25, 0.3) is 5.95 Å². The van der Waals surface area contributed by atoms with Crippen LogP contribution in [0.3, 0.4) is 0 Å². The van der Waals surface area contributed by atoms with Gasteiger partial charge < -0.3 is 9.47 Å². The van der Waals surface area contributed by atoms with E-state index in [1.807, 2.05) is 19.9 Å². The maximum absolute atomic E-state index is 5.07. The van der Waals surface area contributed by atoms with Crippen molar-refractivity contribution in [1.29, 1.82) is 0 Å². The van der Waals surface area contributed by atoms with E-state index in [2.05, 4.69) is 0 Å². The number of hydrogen-bond donors (Lipinski definition) is 0. The van der Waals surface area contributed by atoms with Crippen LogP contribution in [0, 0.1) is 0 Å². The van der Waals surface area contributed by atoms with Crippen LogP contribution in [0.2, 0.25) is 0 Å². The van der Waals surface area contributed by atoms with Gasteiger partial charge in [-0.3, -0.25) is 0 Å². The van der Waals surface area contributed by atoms with E-state index < -0.39 is 0 Å². The van der Waals surface area contributed by atoms with Gasteiger partial charge in [-0.1, -0.05) is 6.92 Å². The van der Waals surface area contributed by atoms with E-state index in [-0.39, 0.29) is 0 Å². The Balaban J connectivity index is 3.53. The van der Waals surface area contributed by atoms with Crippen LogP contribution in [-0.4, -0.2) is 13.7 Å². The highest BCUT2D eigenvalue weighted by Gasteiger charge is 1.89. The van der Waals surface area contributed by atoms with Crippen molar-refractivity contribution in [3.63, 3.8) is 0 Å². The van der Waals surface area contributed by atoms with E-state index >= 15 is 0 Å². The van der Waals surface area contributed by atoms with Crippen molar-refractivity contribution in [2.75, 3.05) is 13.7 Å². The minimum absolute atomic E-state index is 0.625. The molecule has 0 bridgehead atoms. The molecule has 0 aliphatic rings. The minimum atomic E-state index is 0.625. The van der Waals surface area contributed by atoms with Crippen molar-refractivity contribution in [3.8, 4) is 0 Å². The van der Waals surface area contributed by atoms with Crippen LogP contribution in [0.5, 0.6) is 0 Å². The van der Waals surface area contributed by atoms with Gasteiger partial charge in [-0.25, -0.2) is 0 Å². The molecule has 0 aliphatic heterocycles. The topological polar surface area (TPSA) is 18.5 Å². The summed E-state index contributed by atoms with van der Waals surface area (Å²) in [4.78, 5) is 0. The lowest BCUT2D eigenvalue weighted by Gasteiger charge is -2.04. The van der Waals surface area contributed by atoms with Gasteiger partial charge in [0.15, 0.2) is 0 Å². The second-order valence-corrected chi connectivity index (χ2v) is 1.57. The zero-order chi connectivity index (χ0) is 7.11. The van der Waals surface area contributed by atoms with Crippen LogP contribution in [-0.2, 0) is 9.47 Å². The summed E-state index contributed by atoms with van der Waals surface area (Å²) in [6.07, 6.45) is 2.85. The maximum Gasteiger partial charge on any atom is 0.274 e. The summed E-state index contributed by atoms with van der Waals surface area (Å²) in [5.74, 6) is 0.625. The molecule has 0 unspecified atom stereocenters. The summed E-state index contributed by atoms with van der Waals surface area (Å²) in [6.45, 7) is 4.64. The second-order valence-electron chi connectivity index (χ2n) is 1.57. The molecule has 9 heavy (non-hydrogen) atoms. The Morgan fingerprint density at radius 2 is 2.11 bits per heavy atom. The predicted molar refractivity (Wildman–Crippen MR) is 37.0 cm³/mol. The first kappa shape index (κ1) is 8.34. The molecule has 0 heterocycles. The summed E-state index contributed by atoms with van der Waals surface area (Å²) in [5, 5.41) is 0. The van der Waals surface area contributed by atoms with Gasteiger partial charge in [-0.05, 0) is 19.4 Å². The molecule has 0 saturated carbocycles. The van der Waals surface area contributed by atoms with Gasteiger partial charge in [0, 0.05) is 0 Å². The van der Waals surface area contributed by atoms with Gasteiger partial charge in [-0.15, -0.1) is 0 Å². The molecule has 0 aromatic rings. The SMILES string of the molecule is CC/C=C(\OC)OCC. The summed E-state index contributed by atoms with van der Waals surface area (Å²) in [5.41, 5.74) is 0. The van der Waals surface area contributed by atoms with Crippen molar-refractivity contribution in [1.82, 2.24) is 0 Å². The number of methoxy groups -OCH3 is 1. The third-order valence-electron chi connectivity index (χ3n) is 0.859. The highest BCUT2D eigenvalue weighted by Crippen LogP contribution is 1.98. The molecule has 0 aromatic heterocycles. The predicted octanol–water partition coefficient (Wildman–Crippen LogP) is 1.92. The maximum atomic E-state index is 5.07. The van der Waals surface area contributed by atoms with E-state index in [0.29, 0.717) is 12.6 Å². The lowest BCUT2D eigenvalue weighted by Crippen LogP contribution is -1.92. The Hall–Kier alpha value is -0.660. The molecule has 0 fully saturated rings. The van der Waals surface area contributed by atoms with Crippen LogP contribution in [0.1, 0.15) is 20.3 Å². The summed E-state index contributed by atoms with van der Waals surface area (Å²) >= 11 is 0. The lowest BCUT2D eigenvalue weighted by atomic mass is 10.5. The van der Waals surface area contributed by atoms with Gasteiger partial charge in [0.2, 0.25) is 0 Å². The van der Waals surface area contributed by atoms with E-state index in [0.717, 1.165) is 6.42 Å². The Labute approximate surface area is 56.5 Å². The van der Waals surface area contributed by atoms with Crippen LogP contribution in [0.25, 0.3) is 0 Å². The molecule has 2 heteroatoms. The standard InChI is InChI=1S/C7H14O2/c1-4-6-7(8-3)9-5-2/h6H,4-5H2,1-3H3/b7-6+. The molecule has 0 atom stereocenters. The monoisotopic (exact) mass is 130 g/mol. The van der Waals surface area contributed by atoms with Crippen molar-refractivity contribution < 1.29 is 9.47 Å². The summed E-state index contributed by atoms with van der Waals surface area (Å²) in [6, 6.07) is 0. The number of rotatable bonds is 4. The van der Waals surface area contributed by atoms with Crippen molar-refractivity contribution >= 4 is 0 Å².